The van der Waals surface area contributed by atoms with E-state index in [1.165, 1.54) is 5.56 Å². The predicted molar refractivity (Wildman–Crippen MR) is 94.2 cm³/mol. The summed E-state index contributed by atoms with van der Waals surface area (Å²) in [6.07, 6.45) is 0.166. The molecule has 1 aromatic rings. The molecule has 114 valence electrons. The summed E-state index contributed by atoms with van der Waals surface area (Å²) in [5.41, 5.74) is 1.30. The molecule has 4 heteroatoms. The number of benzene rings is 1. The molecular weight excluding hydrogens is 278 g/mol. The number of likely N-dealkylation sites (N-methyl/N-ethyl adjacent to an activating group) is 1. The second kappa shape index (κ2) is 6.56. The Bertz CT molecular complexity index is 409. The van der Waals surface area contributed by atoms with Gasteiger partial charge in [-0.25, -0.2) is 0 Å². The lowest BCUT2D eigenvalue weighted by Crippen LogP contribution is -2.51. The molecule has 0 heterocycles. The summed E-state index contributed by atoms with van der Waals surface area (Å²) in [7, 11) is -0.658. The summed E-state index contributed by atoms with van der Waals surface area (Å²) in [5, 5.41) is 0. The molecule has 20 heavy (non-hydrogen) atoms. The van der Waals surface area contributed by atoms with Gasteiger partial charge in [-0.2, -0.15) is 0 Å². The van der Waals surface area contributed by atoms with Crippen LogP contribution in [0, 0.1) is 0 Å². The number of hydrogen-bond donors (Lipinski definition) is 0. The van der Waals surface area contributed by atoms with E-state index < -0.39 is 16.6 Å². The molecule has 2 atom stereocenters. The van der Waals surface area contributed by atoms with Crippen LogP contribution in [0.25, 0.3) is 0 Å². The smallest absolute Gasteiger partial charge is 0.184 e. The molecule has 0 unspecified atom stereocenters. The Morgan fingerprint density at radius 3 is 1.85 bits per heavy atom. The first-order valence-electron chi connectivity index (χ1n) is 7.48. The highest BCUT2D eigenvalue weighted by atomic mass is 28.4. The Kier molecular flexibility index (Phi) is 5.78. The topological polar surface area (TPSA) is 12.5 Å². The minimum Gasteiger partial charge on any atom is -0.409 e. The van der Waals surface area contributed by atoms with Gasteiger partial charge in [-0.3, -0.25) is 0 Å². The van der Waals surface area contributed by atoms with Gasteiger partial charge in [0.05, 0.1) is 6.10 Å². The molecule has 0 bridgehead atoms. The van der Waals surface area contributed by atoms with E-state index in [-0.39, 0.29) is 6.10 Å². The second-order valence-corrected chi connectivity index (χ2v) is 17.1. The standard InChI is InChI=1S/C16H31NOSi2/c1-14(17(2)19(3,4)5)16(18-20(6,7)8)15-12-10-9-11-13-15/h9-14,16H,1-8H3/t14-,16+/m0/s1. The van der Waals surface area contributed by atoms with Gasteiger partial charge in [-0.15, -0.1) is 0 Å². The van der Waals surface area contributed by atoms with Crippen molar-refractivity contribution in [3.63, 3.8) is 0 Å². The van der Waals surface area contributed by atoms with Gasteiger partial charge in [-0.05, 0) is 39.2 Å². The molecule has 0 N–H and O–H groups in total. The van der Waals surface area contributed by atoms with E-state index in [0.717, 1.165) is 0 Å². The average Bonchev–Trinajstić information content (AvgIpc) is 2.33. The van der Waals surface area contributed by atoms with Crippen LogP contribution in [0.15, 0.2) is 30.3 Å². The maximum Gasteiger partial charge on any atom is 0.184 e. The largest absolute Gasteiger partial charge is 0.409 e. The summed E-state index contributed by atoms with van der Waals surface area (Å²) in [5.74, 6) is 0. The fourth-order valence-corrected chi connectivity index (χ4v) is 4.73. The minimum atomic E-state index is -1.58. The fraction of sp³-hybridized carbons (Fsp3) is 0.625. The maximum absolute atomic E-state index is 6.52. The van der Waals surface area contributed by atoms with Crippen LogP contribution in [0.5, 0.6) is 0 Å². The summed E-state index contributed by atoms with van der Waals surface area (Å²) in [4.78, 5) is 0. The quantitative estimate of drug-likeness (QED) is 0.704. The summed E-state index contributed by atoms with van der Waals surface area (Å²) in [6.45, 7) is 16.3. The third kappa shape index (κ3) is 5.16. The van der Waals surface area contributed by atoms with Crippen LogP contribution >= 0.6 is 0 Å². The van der Waals surface area contributed by atoms with Gasteiger partial charge in [0.25, 0.3) is 0 Å². The van der Waals surface area contributed by atoms with Crippen LogP contribution in [0.3, 0.4) is 0 Å². The molecule has 0 aliphatic heterocycles. The highest BCUT2D eigenvalue weighted by molar-refractivity contribution is 6.73. The van der Waals surface area contributed by atoms with Crippen molar-refractivity contribution in [1.29, 1.82) is 0 Å². The molecule has 0 saturated heterocycles. The number of rotatable bonds is 6. The van der Waals surface area contributed by atoms with Gasteiger partial charge in [0.15, 0.2) is 8.32 Å². The molecule has 0 aliphatic rings. The van der Waals surface area contributed by atoms with Crippen molar-refractivity contribution in [2.45, 2.75) is 58.4 Å². The summed E-state index contributed by atoms with van der Waals surface area (Å²) >= 11 is 0. The molecular formula is C16H31NOSi2. The van der Waals surface area contributed by atoms with Crippen molar-refractivity contribution < 1.29 is 4.43 Å². The van der Waals surface area contributed by atoms with E-state index >= 15 is 0 Å². The van der Waals surface area contributed by atoms with E-state index in [1.54, 1.807) is 0 Å². The lowest BCUT2D eigenvalue weighted by Gasteiger charge is -2.41. The lowest BCUT2D eigenvalue weighted by atomic mass is 10.0. The maximum atomic E-state index is 6.52. The Labute approximate surface area is 127 Å². The van der Waals surface area contributed by atoms with Crippen molar-refractivity contribution in [2.75, 3.05) is 7.05 Å². The van der Waals surface area contributed by atoms with Crippen molar-refractivity contribution in [3.05, 3.63) is 35.9 Å². The van der Waals surface area contributed by atoms with Crippen LogP contribution in [-0.2, 0) is 4.43 Å². The fourth-order valence-electron chi connectivity index (χ4n) is 2.28. The first kappa shape index (κ1) is 17.6. The van der Waals surface area contributed by atoms with Crippen LogP contribution in [-0.4, -0.2) is 34.2 Å². The summed E-state index contributed by atoms with van der Waals surface area (Å²) in [6, 6.07) is 11.1. The molecule has 2 nitrogen and oxygen atoms in total. The van der Waals surface area contributed by atoms with Crippen LogP contribution in [0.1, 0.15) is 18.6 Å². The monoisotopic (exact) mass is 309 g/mol. The van der Waals surface area contributed by atoms with Crippen LogP contribution in [0.2, 0.25) is 39.3 Å². The van der Waals surface area contributed by atoms with Crippen molar-refractivity contribution in [1.82, 2.24) is 4.57 Å². The highest BCUT2D eigenvalue weighted by Gasteiger charge is 2.33. The van der Waals surface area contributed by atoms with E-state index in [2.05, 4.69) is 88.2 Å². The lowest BCUT2D eigenvalue weighted by molar-refractivity contribution is 0.121. The Morgan fingerprint density at radius 1 is 0.950 bits per heavy atom. The van der Waals surface area contributed by atoms with Crippen molar-refractivity contribution >= 4 is 16.6 Å². The number of nitrogens with zero attached hydrogens (tertiary/aromatic N) is 1. The zero-order chi connectivity index (χ0) is 15.6. The predicted octanol–water partition coefficient (Wildman–Crippen LogP) is 4.73. The molecule has 0 fully saturated rings. The average molecular weight is 310 g/mol. The Morgan fingerprint density at radius 2 is 1.45 bits per heavy atom. The van der Waals surface area contributed by atoms with Gasteiger partial charge >= 0.3 is 0 Å². The number of hydrogen-bond acceptors (Lipinski definition) is 2. The molecule has 0 saturated carbocycles. The Balaban J connectivity index is 3.05. The highest BCUT2D eigenvalue weighted by Crippen LogP contribution is 2.30. The molecule has 1 aromatic carbocycles. The van der Waals surface area contributed by atoms with Gasteiger partial charge < -0.3 is 8.99 Å². The molecule has 1 rings (SSSR count). The second-order valence-electron chi connectivity index (χ2n) is 7.58. The molecule has 0 aromatic heterocycles. The third-order valence-corrected chi connectivity index (χ3v) is 7.20. The van der Waals surface area contributed by atoms with Crippen molar-refractivity contribution in [2.24, 2.45) is 0 Å². The zero-order valence-electron chi connectivity index (χ0n) is 14.4. The van der Waals surface area contributed by atoms with Gasteiger partial charge in [0.2, 0.25) is 0 Å². The van der Waals surface area contributed by atoms with Gasteiger partial charge in [0.1, 0.15) is 8.24 Å². The molecule has 0 radical (unpaired) electrons. The minimum absolute atomic E-state index is 0.166. The molecule has 0 aliphatic carbocycles. The van der Waals surface area contributed by atoms with E-state index in [9.17, 15) is 0 Å². The first-order chi connectivity index (χ1) is 9.02. The van der Waals surface area contributed by atoms with E-state index in [0.29, 0.717) is 6.04 Å². The van der Waals surface area contributed by atoms with E-state index in [4.69, 9.17) is 4.43 Å². The first-order valence-corrected chi connectivity index (χ1v) is 14.3. The Hall–Kier alpha value is -0.426. The molecule has 0 amide bonds. The SMILES string of the molecule is C[C@@H]([C@@H](O[Si](C)(C)C)c1ccccc1)N(C)[Si](C)(C)C. The normalized spacial score (nSPS) is 16.2. The van der Waals surface area contributed by atoms with Gasteiger partial charge in [-0.1, -0.05) is 50.0 Å². The third-order valence-electron chi connectivity index (χ3n) is 3.72. The van der Waals surface area contributed by atoms with Gasteiger partial charge in [0, 0.05) is 6.04 Å². The van der Waals surface area contributed by atoms with Crippen molar-refractivity contribution in [3.8, 4) is 0 Å². The van der Waals surface area contributed by atoms with Crippen LogP contribution < -0.4 is 0 Å². The van der Waals surface area contributed by atoms with E-state index in [1.807, 2.05) is 0 Å². The molecule has 0 spiro atoms. The van der Waals surface area contributed by atoms with Crippen LogP contribution in [0.4, 0.5) is 0 Å². The zero-order valence-corrected chi connectivity index (χ0v) is 16.4. The summed E-state index contributed by atoms with van der Waals surface area (Å²) < 4.78 is 9.07.